The monoisotopic (exact) mass is 537 g/mol. The Morgan fingerprint density at radius 3 is 2.45 bits per heavy atom. The number of benzene rings is 3. The SMILES string of the molecule is CC1Oc2ccc(NC(=O)c3ccc(S(=O)(=O)N4CCCCC4)cc3)cc2N(Cc2ccccc2F)C1=O. The van der Waals surface area contributed by atoms with Gasteiger partial charge in [0.2, 0.25) is 10.0 Å². The Morgan fingerprint density at radius 2 is 1.74 bits per heavy atom. The molecule has 1 fully saturated rings. The van der Waals surface area contributed by atoms with Crippen molar-refractivity contribution in [1.82, 2.24) is 4.31 Å². The summed E-state index contributed by atoms with van der Waals surface area (Å²) in [4.78, 5) is 27.5. The first kappa shape index (κ1) is 25.9. The molecule has 8 nitrogen and oxygen atoms in total. The van der Waals surface area contributed by atoms with Gasteiger partial charge in [-0.15, -0.1) is 0 Å². The van der Waals surface area contributed by atoms with Crippen LogP contribution >= 0.6 is 0 Å². The van der Waals surface area contributed by atoms with Crippen molar-refractivity contribution in [3.05, 3.63) is 83.7 Å². The number of rotatable bonds is 6. The summed E-state index contributed by atoms with van der Waals surface area (Å²) in [6, 6.07) is 17.0. The molecule has 10 heteroatoms. The van der Waals surface area contributed by atoms with Crippen molar-refractivity contribution in [2.75, 3.05) is 23.3 Å². The maximum absolute atomic E-state index is 14.3. The molecule has 0 aromatic heterocycles. The fourth-order valence-corrected chi connectivity index (χ4v) is 6.20. The Kier molecular flexibility index (Phi) is 7.18. The van der Waals surface area contributed by atoms with Gasteiger partial charge >= 0.3 is 0 Å². The van der Waals surface area contributed by atoms with E-state index < -0.39 is 27.9 Å². The number of amides is 2. The molecular weight excluding hydrogens is 509 g/mol. The molecule has 3 aromatic rings. The third-order valence-corrected chi connectivity index (χ3v) is 8.69. The number of carbonyl (C=O) groups excluding carboxylic acids is 2. The fraction of sp³-hybridized carbons (Fsp3) is 0.286. The van der Waals surface area contributed by atoms with Crippen LogP contribution in [0.5, 0.6) is 5.75 Å². The number of nitrogens with zero attached hydrogens (tertiary/aromatic N) is 2. The Hall–Kier alpha value is -3.76. The predicted molar refractivity (Wildman–Crippen MR) is 141 cm³/mol. The highest BCUT2D eigenvalue weighted by Crippen LogP contribution is 2.37. The second-order valence-electron chi connectivity index (χ2n) is 9.40. The zero-order chi connectivity index (χ0) is 26.9. The highest BCUT2D eigenvalue weighted by Gasteiger charge is 2.32. The van der Waals surface area contributed by atoms with E-state index in [1.54, 1.807) is 43.3 Å². The second-order valence-corrected chi connectivity index (χ2v) is 11.3. The Morgan fingerprint density at radius 1 is 1.03 bits per heavy atom. The van der Waals surface area contributed by atoms with Crippen LogP contribution in [0.2, 0.25) is 0 Å². The first-order valence-corrected chi connectivity index (χ1v) is 13.9. The molecule has 0 spiro atoms. The van der Waals surface area contributed by atoms with Crippen LogP contribution < -0.4 is 15.0 Å². The quantitative estimate of drug-likeness (QED) is 0.497. The number of fused-ring (bicyclic) bond motifs is 1. The lowest BCUT2D eigenvalue weighted by Gasteiger charge is -2.33. The molecule has 3 aromatic carbocycles. The summed E-state index contributed by atoms with van der Waals surface area (Å²) in [5, 5.41) is 2.79. The van der Waals surface area contributed by atoms with Crippen LogP contribution in [0.25, 0.3) is 0 Å². The van der Waals surface area contributed by atoms with Crippen LogP contribution in [0.3, 0.4) is 0 Å². The minimum atomic E-state index is -3.59. The lowest BCUT2D eigenvalue weighted by Crippen LogP contribution is -2.44. The summed E-state index contributed by atoms with van der Waals surface area (Å²) in [6.45, 7) is 2.64. The lowest BCUT2D eigenvalue weighted by atomic mass is 10.1. The van der Waals surface area contributed by atoms with Gasteiger partial charge in [-0.3, -0.25) is 9.59 Å². The van der Waals surface area contributed by atoms with Crippen molar-refractivity contribution in [3.8, 4) is 5.75 Å². The van der Waals surface area contributed by atoms with E-state index in [4.69, 9.17) is 4.74 Å². The first-order chi connectivity index (χ1) is 18.2. The molecule has 2 aliphatic rings. The van der Waals surface area contributed by atoms with Gasteiger partial charge < -0.3 is 15.0 Å². The zero-order valence-electron chi connectivity index (χ0n) is 20.9. The summed E-state index contributed by atoms with van der Waals surface area (Å²) in [5.41, 5.74) is 1.46. The topological polar surface area (TPSA) is 96.0 Å². The molecule has 0 bridgehead atoms. The highest BCUT2D eigenvalue weighted by atomic mass is 32.2. The summed E-state index contributed by atoms with van der Waals surface area (Å²) in [7, 11) is -3.59. The van der Waals surface area contributed by atoms with Gasteiger partial charge in [-0.05, 0) is 68.3 Å². The van der Waals surface area contributed by atoms with E-state index in [9.17, 15) is 22.4 Å². The summed E-state index contributed by atoms with van der Waals surface area (Å²) in [6.07, 6.45) is 1.96. The largest absolute Gasteiger partial charge is 0.479 e. The van der Waals surface area contributed by atoms with Gasteiger partial charge in [0.15, 0.2) is 6.10 Å². The van der Waals surface area contributed by atoms with Gasteiger partial charge in [0.25, 0.3) is 11.8 Å². The van der Waals surface area contributed by atoms with E-state index in [2.05, 4.69) is 5.32 Å². The molecule has 2 amide bonds. The van der Waals surface area contributed by atoms with Crippen molar-refractivity contribution in [3.63, 3.8) is 0 Å². The third-order valence-electron chi connectivity index (χ3n) is 6.78. The van der Waals surface area contributed by atoms with E-state index in [0.717, 1.165) is 19.3 Å². The smallest absolute Gasteiger partial charge is 0.268 e. The molecule has 1 unspecified atom stereocenters. The van der Waals surface area contributed by atoms with Gasteiger partial charge in [-0.1, -0.05) is 24.6 Å². The number of sulfonamides is 1. The van der Waals surface area contributed by atoms with Crippen LogP contribution in [0.15, 0.2) is 71.6 Å². The van der Waals surface area contributed by atoms with Crippen molar-refractivity contribution in [1.29, 1.82) is 0 Å². The Bertz CT molecular complexity index is 1470. The number of anilines is 2. The standard InChI is InChI=1S/C28H28FN3O5S/c1-19-28(34)32(18-21-7-3-4-8-24(21)29)25-17-22(11-14-26(25)37-19)30-27(33)20-9-12-23(13-10-20)38(35,36)31-15-5-2-6-16-31/h3-4,7-14,17,19H,2,5-6,15-16,18H2,1H3,(H,30,33). The van der Waals surface area contributed by atoms with Crippen molar-refractivity contribution in [2.45, 2.75) is 43.7 Å². The average Bonchev–Trinajstić information content (AvgIpc) is 2.93. The predicted octanol–water partition coefficient (Wildman–Crippen LogP) is 4.57. The maximum Gasteiger partial charge on any atom is 0.268 e. The van der Waals surface area contributed by atoms with E-state index in [1.165, 1.54) is 39.5 Å². The lowest BCUT2D eigenvalue weighted by molar-refractivity contribution is -0.125. The molecule has 5 rings (SSSR count). The van der Waals surface area contributed by atoms with Crippen molar-refractivity contribution >= 4 is 33.2 Å². The molecule has 38 heavy (non-hydrogen) atoms. The number of hydrogen-bond donors (Lipinski definition) is 1. The number of halogens is 1. The Labute approximate surface area is 221 Å². The highest BCUT2D eigenvalue weighted by molar-refractivity contribution is 7.89. The fourth-order valence-electron chi connectivity index (χ4n) is 4.68. The minimum absolute atomic E-state index is 0.0105. The summed E-state index contributed by atoms with van der Waals surface area (Å²) < 4.78 is 47.3. The normalized spacial score (nSPS) is 18.0. The molecule has 1 saturated heterocycles. The van der Waals surface area contributed by atoms with Gasteiger partial charge in [-0.2, -0.15) is 4.31 Å². The summed E-state index contributed by atoms with van der Waals surface area (Å²) >= 11 is 0. The molecule has 0 aliphatic carbocycles. The summed E-state index contributed by atoms with van der Waals surface area (Å²) in [5.74, 6) is -0.742. The molecule has 2 aliphatic heterocycles. The molecule has 0 saturated carbocycles. The van der Waals surface area contributed by atoms with Crippen LogP contribution in [0.4, 0.5) is 15.8 Å². The van der Waals surface area contributed by atoms with Gasteiger partial charge in [-0.25, -0.2) is 12.8 Å². The molecule has 1 atom stereocenters. The van der Waals surface area contributed by atoms with Crippen LogP contribution in [0, 0.1) is 5.82 Å². The number of carbonyl (C=O) groups is 2. The zero-order valence-corrected chi connectivity index (χ0v) is 21.7. The van der Waals surface area contributed by atoms with Crippen molar-refractivity contribution < 1.29 is 27.1 Å². The van der Waals surface area contributed by atoms with Crippen LogP contribution in [0.1, 0.15) is 42.1 Å². The van der Waals surface area contributed by atoms with Gasteiger partial charge in [0, 0.05) is 29.9 Å². The number of ether oxygens (including phenoxy) is 1. The van der Waals surface area contributed by atoms with E-state index >= 15 is 0 Å². The van der Waals surface area contributed by atoms with Gasteiger partial charge in [0.05, 0.1) is 17.1 Å². The molecular formula is C28H28FN3O5S. The molecule has 1 N–H and O–H groups in total. The van der Waals surface area contributed by atoms with Crippen LogP contribution in [-0.4, -0.2) is 43.7 Å². The molecule has 0 radical (unpaired) electrons. The third kappa shape index (κ3) is 5.14. The average molecular weight is 538 g/mol. The van der Waals surface area contributed by atoms with E-state index in [0.29, 0.717) is 35.8 Å². The van der Waals surface area contributed by atoms with Gasteiger partial charge in [0.1, 0.15) is 11.6 Å². The number of hydrogen-bond acceptors (Lipinski definition) is 5. The maximum atomic E-state index is 14.3. The van der Waals surface area contributed by atoms with Crippen molar-refractivity contribution in [2.24, 2.45) is 0 Å². The minimum Gasteiger partial charge on any atom is -0.479 e. The van der Waals surface area contributed by atoms with Crippen LogP contribution in [-0.2, 0) is 21.4 Å². The number of piperidine rings is 1. The van der Waals surface area contributed by atoms with E-state index in [-0.39, 0.29) is 22.9 Å². The second kappa shape index (κ2) is 10.5. The number of nitrogens with one attached hydrogen (secondary N) is 1. The molecule has 2 heterocycles. The first-order valence-electron chi connectivity index (χ1n) is 12.5. The van der Waals surface area contributed by atoms with E-state index in [1.807, 2.05) is 0 Å². The Balaban J connectivity index is 1.35. The molecule has 198 valence electrons.